The van der Waals surface area contributed by atoms with Crippen molar-refractivity contribution in [1.82, 2.24) is 14.5 Å². The minimum Gasteiger partial charge on any atom is -0.449 e. The molecule has 0 saturated carbocycles. The van der Waals surface area contributed by atoms with Crippen LogP contribution in [0.3, 0.4) is 0 Å². The molecule has 1 saturated heterocycles. The van der Waals surface area contributed by atoms with Crippen molar-refractivity contribution in [1.29, 1.82) is 0 Å². The Kier molecular flexibility index (Phi) is 7.14. The van der Waals surface area contributed by atoms with Gasteiger partial charge in [0.1, 0.15) is 0 Å². The molecule has 2 amide bonds. The topological polar surface area (TPSA) is 113 Å². The fraction of sp³-hybridized carbons (Fsp3) is 0.500. The molecular weight excluding hydrogens is 386 g/mol. The van der Waals surface area contributed by atoms with E-state index in [1.54, 1.807) is 11.8 Å². The molecule has 1 heterocycles. The van der Waals surface area contributed by atoms with Crippen LogP contribution in [0.15, 0.2) is 29.2 Å². The van der Waals surface area contributed by atoms with Crippen LogP contribution >= 0.6 is 0 Å². The Morgan fingerprint density at radius 1 is 1.18 bits per heavy atom. The van der Waals surface area contributed by atoms with Gasteiger partial charge in [-0.25, -0.2) is 13.2 Å². The van der Waals surface area contributed by atoms with E-state index in [0.29, 0.717) is 19.6 Å². The molecule has 9 nitrogen and oxygen atoms in total. The minimum atomic E-state index is -3.81. The maximum absolute atomic E-state index is 12.9. The fourth-order valence-electron chi connectivity index (χ4n) is 2.78. The van der Waals surface area contributed by atoms with Gasteiger partial charge in [0.25, 0.3) is 5.91 Å². The average molecular weight is 411 g/mol. The van der Waals surface area contributed by atoms with Crippen molar-refractivity contribution >= 4 is 27.8 Å². The van der Waals surface area contributed by atoms with Crippen molar-refractivity contribution in [3.05, 3.63) is 29.8 Å². The second-order valence-corrected chi connectivity index (χ2v) is 8.32. The molecule has 0 radical (unpaired) electrons. The molecule has 1 atom stereocenters. The molecule has 0 aliphatic carbocycles. The van der Waals surface area contributed by atoms with Crippen LogP contribution in [0.2, 0.25) is 0 Å². The van der Waals surface area contributed by atoms with Crippen molar-refractivity contribution in [3.8, 4) is 0 Å². The number of esters is 1. The molecule has 1 N–H and O–H groups in total. The lowest BCUT2D eigenvalue weighted by atomic mass is 10.2. The number of ether oxygens (including phenoxy) is 1. The summed E-state index contributed by atoms with van der Waals surface area (Å²) in [5.41, 5.74) is 0.0413. The monoisotopic (exact) mass is 411 g/mol. The second-order valence-electron chi connectivity index (χ2n) is 6.38. The van der Waals surface area contributed by atoms with Crippen LogP contribution in [0, 0.1) is 0 Å². The van der Waals surface area contributed by atoms with E-state index in [1.807, 2.05) is 0 Å². The summed E-state index contributed by atoms with van der Waals surface area (Å²) in [7, 11) is -3.81. The van der Waals surface area contributed by atoms with E-state index in [0.717, 1.165) is 0 Å². The zero-order valence-corrected chi connectivity index (χ0v) is 17.0. The number of hydrogen-bond acceptors (Lipinski definition) is 6. The minimum absolute atomic E-state index is 0.0381. The van der Waals surface area contributed by atoms with Gasteiger partial charge in [0.2, 0.25) is 15.9 Å². The highest BCUT2D eigenvalue weighted by Gasteiger charge is 2.30. The summed E-state index contributed by atoms with van der Waals surface area (Å²) in [6, 6.07) is 5.52. The molecule has 154 valence electrons. The summed E-state index contributed by atoms with van der Waals surface area (Å²) in [5, 5.41) is 2.55. The lowest BCUT2D eigenvalue weighted by molar-refractivity contribution is -0.130. The highest BCUT2D eigenvalue weighted by molar-refractivity contribution is 7.89. The third-order valence-electron chi connectivity index (χ3n) is 4.40. The summed E-state index contributed by atoms with van der Waals surface area (Å²) in [4.78, 5) is 36.9. The Balaban J connectivity index is 2.12. The average Bonchev–Trinajstić information content (AvgIpc) is 2.68. The Morgan fingerprint density at radius 3 is 2.39 bits per heavy atom. The zero-order valence-electron chi connectivity index (χ0n) is 16.2. The number of hydrogen-bond donors (Lipinski definition) is 1. The van der Waals surface area contributed by atoms with Gasteiger partial charge in [0, 0.05) is 39.6 Å². The number of carbonyl (C=O) groups is 3. The molecule has 0 spiro atoms. The molecule has 0 aromatic heterocycles. The van der Waals surface area contributed by atoms with Gasteiger partial charge in [0.15, 0.2) is 6.10 Å². The first-order valence-electron chi connectivity index (χ1n) is 9.01. The molecule has 1 aliphatic heterocycles. The van der Waals surface area contributed by atoms with Gasteiger partial charge in [-0.15, -0.1) is 0 Å². The van der Waals surface area contributed by atoms with Crippen LogP contribution in [0.1, 0.15) is 31.1 Å². The summed E-state index contributed by atoms with van der Waals surface area (Å²) >= 11 is 0. The molecule has 0 bridgehead atoms. The smallest absolute Gasteiger partial charge is 0.338 e. The predicted octanol–water partition coefficient (Wildman–Crippen LogP) is 0.221. The van der Waals surface area contributed by atoms with E-state index in [9.17, 15) is 22.8 Å². The van der Waals surface area contributed by atoms with Gasteiger partial charge in [-0.2, -0.15) is 4.31 Å². The van der Waals surface area contributed by atoms with Gasteiger partial charge in [0.05, 0.1) is 10.5 Å². The fourth-order valence-corrected chi connectivity index (χ4v) is 4.24. The van der Waals surface area contributed by atoms with Gasteiger partial charge in [-0.3, -0.25) is 9.59 Å². The van der Waals surface area contributed by atoms with E-state index in [-0.39, 0.29) is 29.5 Å². The largest absolute Gasteiger partial charge is 0.449 e. The first-order valence-corrected chi connectivity index (χ1v) is 10.4. The van der Waals surface area contributed by atoms with Gasteiger partial charge in [-0.05, 0) is 32.0 Å². The SMILES string of the molecule is CCNC(=O)[C@H](C)OC(=O)c1cccc(S(=O)(=O)N2CCN(C(C)=O)CC2)c1. The molecule has 1 aliphatic rings. The molecule has 1 aromatic carbocycles. The quantitative estimate of drug-likeness (QED) is 0.670. The predicted molar refractivity (Wildman–Crippen MR) is 101 cm³/mol. The molecule has 1 aromatic rings. The van der Waals surface area contributed by atoms with Crippen LogP contribution in [-0.4, -0.2) is 74.2 Å². The lowest BCUT2D eigenvalue weighted by Gasteiger charge is -2.33. The maximum atomic E-state index is 12.9. The van der Waals surface area contributed by atoms with Crippen molar-refractivity contribution in [3.63, 3.8) is 0 Å². The van der Waals surface area contributed by atoms with Gasteiger partial charge in [-0.1, -0.05) is 6.07 Å². The van der Waals surface area contributed by atoms with Gasteiger partial charge >= 0.3 is 5.97 Å². The number of amides is 2. The summed E-state index contributed by atoms with van der Waals surface area (Å²) in [6.07, 6.45) is -0.993. The molecule has 28 heavy (non-hydrogen) atoms. The van der Waals surface area contributed by atoms with Crippen molar-refractivity contribution in [2.45, 2.75) is 31.8 Å². The Hall–Kier alpha value is -2.46. The number of benzene rings is 1. The number of rotatable bonds is 6. The molecule has 2 rings (SSSR count). The van der Waals surface area contributed by atoms with E-state index >= 15 is 0 Å². The van der Waals surface area contributed by atoms with Crippen LogP contribution in [-0.2, 0) is 24.3 Å². The van der Waals surface area contributed by atoms with E-state index in [4.69, 9.17) is 4.74 Å². The second kappa shape index (κ2) is 9.16. The molecular formula is C18H25N3O6S. The van der Waals surface area contributed by atoms with Crippen molar-refractivity contribution < 1.29 is 27.5 Å². The Labute approximate surface area is 164 Å². The van der Waals surface area contributed by atoms with Crippen molar-refractivity contribution in [2.75, 3.05) is 32.7 Å². The summed E-state index contributed by atoms with van der Waals surface area (Å²) in [6.45, 7) is 6.05. The number of carbonyl (C=O) groups excluding carboxylic acids is 3. The van der Waals surface area contributed by atoms with Crippen molar-refractivity contribution in [2.24, 2.45) is 0 Å². The van der Waals surface area contributed by atoms with Crippen LogP contribution in [0.25, 0.3) is 0 Å². The van der Waals surface area contributed by atoms with Crippen LogP contribution in [0.5, 0.6) is 0 Å². The van der Waals surface area contributed by atoms with Gasteiger partial charge < -0.3 is 15.0 Å². The molecule has 1 fully saturated rings. The van der Waals surface area contributed by atoms with E-state index in [2.05, 4.69) is 5.32 Å². The Morgan fingerprint density at radius 2 is 1.82 bits per heavy atom. The first kappa shape index (κ1) is 21.8. The maximum Gasteiger partial charge on any atom is 0.338 e. The molecule has 10 heteroatoms. The number of piperazine rings is 1. The normalized spacial score (nSPS) is 16.3. The standard InChI is InChI=1S/C18H25N3O6S/c1-4-19-17(23)13(2)27-18(24)15-6-5-7-16(12-15)28(25,26)21-10-8-20(9-11-21)14(3)22/h5-7,12-13H,4,8-11H2,1-3H3,(H,19,23)/t13-/m0/s1. The third-order valence-corrected chi connectivity index (χ3v) is 6.29. The van der Waals surface area contributed by atoms with E-state index in [1.165, 1.54) is 42.4 Å². The number of sulfonamides is 1. The molecule has 0 unspecified atom stereocenters. The number of nitrogens with zero attached hydrogens (tertiary/aromatic N) is 2. The number of likely N-dealkylation sites (N-methyl/N-ethyl adjacent to an activating group) is 1. The van der Waals surface area contributed by atoms with Crippen LogP contribution in [0.4, 0.5) is 0 Å². The highest BCUT2D eigenvalue weighted by Crippen LogP contribution is 2.19. The lowest BCUT2D eigenvalue weighted by Crippen LogP contribution is -2.49. The van der Waals surface area contributed by atoms with E-state index < -0.39 is 28.0 Å². The summed E-state index contributed by atoms with van der Waals surface area (Å²) < 4.78 is 32.1. The third kappa shape index (κ3) is 5.08. The number of nitrogens with one attached hydrogen (secondary N) is 1. The van der Waals surface area contributed by atoms with Crippen LogP contribution < -0.4 is 5.32 Å². The zero-order chi connectivity index (χ0) is 20.9. The summed E-state index contributed by atoms with van der Waals surface area (Å²) in [5.74, 6) is -1.30. The first-order chi connectivity index (χ1) is 13.2. The Bertz CT molecular complexity index is 847. The highest BCUT2D eigenvalue weighted by atomic mass is 32.2.